The minimum absolute atomic E-state index is 0.248. The number of alkyl halides is 3. The smallest absolute Gasteiger partial charge is 0.416 e. The van der Waals surface area contributed by atoms with Crippen molar-refractivity contribution in [1.82, 2.24) is 9.62 Å². The van der Waals surface area contributed by atoms with Gasteiger partial charge in [-0.05, 0) is 31.0 Å². The van der Waals surface area contributed by atoms with Crippen molar-refractivity contribution in [3.05, 3.63) is 29.8 Å². The lowest BCUT2D eigenvalue weighted by atomic mass is 10.2. The molecule has 0 atom stereocenters. The molecule has 11 heteroatoms. The van der Waals surface area contributed by atoms with E-state index in [-0.39, 0.29) is 6.04 Å². The van der Waals surface area contributed by atoms with Gasteiger partial charge in [-0.15, -0.1) is 0 Å². The number of hydrogen-bond donors (Lipinski definition) is 2. The Labute approximate surface area is 141 Å². The van der Waals surface area contributed by atoms with Gasteiger partial charge in [0.2, 0.25) is 15.9 Å². The van der Waals surface area contributed by atoms with Crippen LogP contribution in [0.1, 0.15) is 18.4 Å². The maximum Gasteiger partial charge on any atom is 0.416 e. The van der Waals surface area contributed by atoms with E-state index < -0.39 is 51.6 Å². The summed E-state index contributed by atoms with van der Waals surface area (Å²) in [6.07, 6.45) is -3.45. The Morgan fingerprint density at radius 2 is 1.92 bits per heavy atom. The van der Waals surface area contributed by atoms with Crippen molar-refractivity contribution >= 4 is 21.9 Å². The van der Waals surface area contributed by atoms with Crippen LogP contribution in [0.2, 0.25) is 0 Å². The first kappa shape index (κ1) is 19.2. The highest BCUT2D eigenvalue weighted by Gasteiger charge is 2.35. The number of benzene rings is 1. The van der Waals surface area contributed by atoms with Crippen LogP contribution in [0, 0.1) is 0 Å². The Kier molecular flexibility index (Phi) is 5.37. The third-order valence-corrected chi connectivity index (χ3v) is 4.90. The van der Waals surface area contributed by atoms with E-state index in [1.54, 1.807) is 0 Å². The lowest BCUT2D eigenvalue weighted by Crippen LogP contribution is -2.43. The molecule has 2 N–H and O–H groups in total. The average molecular weight is 380 g/mol. The molecule has 138 valence electrons. The summed E-state index contributed by atoms with van der Waals surface area (Å²) in [5.74, 6) is -1.98. The zero-order valence-corrected chi connectivity index (χ0v) is 13.6. The first-order valence-corrected chi connectivity index (χ1v) is 8.67. The van der Waals surface area contributed by atoms with Crippen LogP contribution >= 0.6 is 0 Å². The fourth-order valence-electron chi connectivity index (χ4n) is 2.13. The number of carboxylic acid groups (broad SMARTS) is 1. The van der Waals surface area contributed by atoms with Crippen LogP contribution in [-0.2, 0) is 25.8 Å². The molecule has 0 unspecified atom stereocenters. The summed E-state index contributed by atoms with van der Waals surface area (Å²) in [6, 6.07) is 2.86. The molecule has 7 nitrogen and oxygen atoms in total. The lowest BCUT2D eigenvalue weighted by Gasteiger charge is -2.20. The van der Waals surface area contributed by atoms with Gasteiger partial charge in [0.15, 0.2) is 0 Å². The SMILES string of the molecule is O=C(O)CN(C(=O)CNS(=O)(=O)c1cccc(C(F)(F)F)c1)C1CC1. The van der Waals surface area contributed by atoms with E-state index in [2.05, 4.69) is 0 Å². The van der Waals surface area contributed by atoms with Crippen molar-refractivity contribution in [1.29, 1.82) is 0 Å². The molecule has 1 aromatic rings. The highest BCUT2D eigenvalue weighted by Crippen LogP contribution is 2.30. The Balaban J connectivity index is 2.08. The first-order valence-electron chi connectivity index (χ1n) is 7.19. The molecule has 2 rings (SSSR count). The number of nitrogens with one attached hydrogen (secondary N) is 1. The van der Waals surface area contributed by atoms with Crippen LogP contribution in [-0.4, -0.2) is 49.4 Å². The maximum absolute atomic E-state index is 12.7. The molecule has 1 fully saturated rings. The fraction of sp³-hybridized carbons (Fsp3) is 0.429. The highest BCUT2D eigenvalue weighted by molar-refractivity contribution is 7.89. The minimum atomic E-state index is -4.70. The maximum atomic E-state index is 12.7. The Bertz CT molecular complexity index is 775. The number of nitrogens with zero attached hydrogens (tertiary/aromatic N) is 1. The summed E-state index contributed by atoms with van der Waals surface area (Å²) in [6.45, 7) is -1.29. The van der Waals surface area contributed by atoms with Crippen molar-refractivity contribution in [3.63, 3.8) is 0 Å². The van der Waals surface area contributed by atoms with Crippen molar-refractivity contribution in [2.75, 3.05) is 13.1 Å². The monoisotopic (exact) mass is 380 g/mol. The molecular formula is C14H15F3N2O5S. The van der Waals surface area contributed by atoms with Crippen molar-refractivity contribution < 1.29 is 36.3 Å². The average Bonchev–Trinajstić information content (AvgIpc) is 3.34. The molecule has 1 aromatic carbocycles. The van der Waals surface area contributed by atoms with Crippen LogP contribution < -0.4 is 4.72 Å². The van der Waals surface area contributed by atoms with E-state index in [0.29, 0.717) is 18.9 Å². The molecule has 0 aromatic heterocycles. The second-order valence-corrected chi connectivity index (χ2v) is 7.26. The number of carboxylic acids is 1. The second-order valence-electron chi connectivity index (χ2n) is 5.50. The summed E-state index contributed by atoms with van der Waals surface area (Å²) >= 11 is 0. The number of carbonyl (C=O) groups excluding carboxylic acids is 1. The normalized spacial score (nSPS) is 15.0. The van der Waals surface area contributed by atoms with Crippen LogP contribution in [0.5, 0.6) is 0 Å². The number of hydrogen-bond acceptors (Lipinski definition) is 4. The number of amides is 1. The van der Waals surface area contributed by atoms with E-state index in [4.69, 9.17) is 5.11 Å². The van der Waals surface area contributed by atoms with Gasteiger partial charge < -0.3 is 10.0 Å². The van der Waals surface area contributed by atoms with Crippen LogP contribution in [0.15, 0.2) is 29.2 Å². The van der Waals surface area contributed by atoms with E-state index in [0.717, 1.165) is 23.1 Å². The van der Waals surface area contributed by atoms with Crippen LogP contribution in [0.4, 0.5) is 13.2 Å². The van der Waals surface area contributed by atoms with Gasteiger partial charge in [0.1, 0.15) is 6.54 Å². The number of carbonyl (C=O) groups is 2. The summed E-state index contributed by atoms with van der Waals surface area (Å²) in [5, 5.41) is 8.78. The molecule has 0 saturated heterocycles. The molecule has 0 aliphatic heterocycles. The van der Waals surface area contributed by atoms with Crippen molar-refractivity contribution in [2.24, 2.45) is 0 Å². The predicted molar refractivity (Wildman–Crippen MR) is 79.0 cm³/mol. The molecule has 0 heterocycles. The number of halogens is 3. The second kappa shape index (κ2) is 7.00. The molecule has 1 aliphatic carbocycles. The molecular weight excluding hydrogens is 365 g/mol. The van der Waals surface area contributed by atoms with Crippen LogP contribution in [0.25, 0.3) is 0 Å². The molecule has 0 bridgehead atoms. The summed E-state index contributed by atoms with van der Waals surface area (Å²) in [4.78, 5) is 23.2. The Morgan fingerprint density at radius 1 is 1.28 bits per heavy atom. The zero-order valence-electron chi connectivity index (χ0n) is 12.8. The van der Waals surface area contributed by atoms with Gasteiger partial charge in [-0.25, -0.2) is 13.1 Å². The molecule has 1 amide bonds. The van der Waals surface area contributed by atoms with Gasteiger partial charge in [-0.2, -0.15) is 13.2 Å². The molecule has 25 heavy (non-hydrogen) atoms. The molecule has 1 saturated carbocycles. The molecule has 1 aliphatic rings. The largest absolute Gasteiger partial charge is 0.480 e. The van der Waals surface area contributed by atoms with Crippen molar-refractivity contribution in [3.8, 4) is 0 Å². The standard InChI is InChI=1S/C14H15F3N2O5S/c15-14(16,17)9-2-1-3-11(6-9)25(23,24)18-7-12(20)19(8-13(21)22)10-4-5-10/h1-3,6,10,18H,4-5,7-8H2,(H,21,22). The van der Waals surface area contributed by atoms with Gasteiger partial charge >= 0.3 is 12.1 Å². The predicted octanol–water partition coefficient (Wildman–Crippen LogP) is 1.06. The van der Waals surface area contributed by atoms with Gasteiger partial charge in [0, 0.05) is 6.04 Å². The third-order valence-electron chi connectivity index (χ3n) is 3.50. The van der Waals surface area contributed by atoms with E-state index >= 15 is 0 Å². The van der Waals surface area contributed by atoms with Gasteiger partial charge in [0.05, 0.1) is 17.0 Å². The number of aliphatic carboxylic acids is 1. The van der Waals surface area contributed by atoms with Gasteiger partial charge in [-0.3, -0.25) is 9.59 Å². The first-order chi connectivity index (χ1) is 11.5. The quantitative estimate of drug-likeness (QED) is 0.736. The fourth-order valence-corrected chi connectivity index (χ4v) is 3.15. The van der Waals surface area contributed by atoms with Gasteiger partial charge in [-0.1, -0.05) is 6.07 Å². The van der Waals surface area contributed by atoms with Crippen molar-refractivity contribution in [2.45, 2.75) is 30.0 Å². The Hall–Kier alpha value is -2.14. The van der Waals surface area contributed by atoms with Gasteiger partial charge in [0.25, 0.3) is 0 Å². The van der Waals surface area contributed by atoms with E-state index in [9.17, 15) is 31.2 Å². The summed E-state index contributed by atoms with van der Waals surface area (Å²) < 4.78 is 64.1. The Morgan fingerprint density at radius 3 is 2.44 bits per heavy atom. The lowest BCUT2D eigenvalue weighted by molar-refractivity contribution is -0.144. The van der Waals surface area contributed by atoms with Crippen LogP contribution in [0.3, 0.4) is 0 Å². The minimum Gasteiger partial charge on any atom is -0.480 e. The number of rotatable bonds is 7. The third kappa shape index (κ3) is 5.16. The highest BCUT2D eigenvalue weighted by atomic mass is 32.2. The summed E-state index contributed by atoms with van der Waals surface area (Å²) in [5.41, 5.74) is -1.13. The molecule has 0 spiro atoms. The molecule has 0 radical (unpaired) electrons. The van der Waals surface area contributed by atoms with E-state index in [1.807, 2.05) is 4.72 Å². The summed E-state index contributed by atoms with van der Waals surface area (Å²) in [7, 11) is -4.35. The number of sulfonamides is 1. The topological polar surface area (TPSA) is 104 Å². The van der Waals surface area contributed by atoms with E-state index in [1.165, 1.54) is 0 Å². The zero-order chi connectivity index (χ0) is 18.8.